The first-order valence-electron chi connectivity index (χ1n) is 7.70. The van der Waals surface area contributed by atoms with Gasteiger partial charge in [-0.05, 0) is 19.9 Å². The van der Waals surface area contributed by atoms with Gasteiger partial charge < -0.3 is 10.1 Å². The van der Waals surface area contributed by atoms with Crippen molar-refractivity contribution in [3.8, 4) is 0 Å². The third-order valence-electron chi connectivity index (χ3n) is 4.00. The van der Waals surface area contributed by atoms with Crippen molar-refractivity contribution in [1.29, 1.82) is 0 Å². The molecule has 1 saturated heterocycles. The van der Waals surface area contributed by atoms with E-state index < -0.39 is 0 Å². The molecule has 1 aromatic heterocycles. The first-order valence-corrected chi connectivity index (χ1v) is 8.07. The van der Waals surface area contributed by atoms with Crippen LogP contribution >= 0.6 is 11.6 Å². The molecule has 2 heterocycles. The van der Waals surface area contributed by atoms with Crippen LogP contribution in [0.15, 0.2) is 0 Å². The number of halogens is 1. The van der Waals surface area contributed by atoms with Crippen LogP contribution in [0.25, 0.3) is 0 Å². The molecular weight excluding hydrogens is 290 g/mol. The molecule has 1 aliphatic heterocycles. The molecule has 0 bridgehead atoms. The molecule has 118 valence electrons. The number of nitrogens with zero attached hydrogens (tertiary/aromatic N) is 2. The highest BCUT2D eigenvalue weighted by Crippen LogP contribution is 2.24. The molecule has 2 rings (SSSR count). The molecule has 0 spiro atoms. The number of rotatable bonds is 7. The van der Waals surface area contributed by atoms with Crippen molar-refractivity contribution in [2.75, 3.05) is 19.8 Å². The summed E-state index contributed by atoms with van der Waals surface area (Å²) in [6, 6.07) is 0.116. The van der Waals surface area contributed by atoms with E-state index >= 15 is 0 Å². The van der Waals surface area contributed by atoms with Gasteiger partial charge in [-0.2, -0.15) is 5.10 Å². The minimum atomic E-state index is -0.0914. The number of likely N-dealkylation sites (N-methyl/N-ethyl adjacent to an activating group) is 1. The largest absolute Gasteiger partial charge is 0.379 e. The van der Waals surface area contributed by atoms with Gasteiger partial charge in [0, 0.05) is 12.6 Å². The highest BCUT2D eigenvalue weighted by atomic mass is 35.5. The van der Waals surface area contributed by atoms with Gasteiger partial charge in [0.15, 0.2) is 0 Å². The van der Waals surface area contributed by atoms with Crippen molar-refractivity contribution in [3.05, 3.63) is 16.4 Å². The van der Waals surface area contributed by atoms with E-state index in [1.54, 1.807) is 0 Å². The fourth-order valence-electron chi connectivity index (χ4n) is 2.82. The van der Waals surface area contributed by atoms with Crippen LogP contribution in [0.1, 0.15) is 32.2 Å². The molecule has 2 atom stereocenters. The first-order chi connectivity index (χ1) is 10.1. The molecule has 0 amide bonds. The lowest BCUT2D eigenvalue weighted by molar-refractivity contribution is -0.122. The van der Waals surface area contributed by atoms with Gasteiger partial charge >= 0.3 is 0 Å². The maximum absolute atomic E-state index is 12.6. The molecule has 0 saturated carbocycles. The number of hydrogen-bond donors (Lipinski definition) is 1. The number of hydrogen-bond acceptors (Lipinski definition) is 4. The Labute approximate surface area is 131 Å². The zero-order valence-electron chi connectivity index (χ0n) is 13.0. The number of Topliss-reactive ketones (excluding diaryl/α,β-unsaturated/α-hetero) is 1. The Bertz CT molecular complexity index is 501. The number of carbonyl (C=O) groups excluding carboxylic acids is 1. The smallest absolute Gasteiger partial charge is 0.145 e. The monoisotopic (exact) mass is 313 g/mol. The molecule has 6 heteroatoms. The maximum Gasteiger partial charge on any atom is 0.145 e. The van der Waals surface area contributed by atoms with Gasteiger partial charge in [-0.1, -0.05) is 25.4 Å². The highest BCUT2D eigenvalue weighted by Gasteiger charge is 2.34. The summed E-state index contributed by atoms with van der Waals surface area (Å²) in [5, 5.41) is 8.43. The van der Waals surface area contributed by atoms with Crippen LogP contribution in [0.3, 0.4) is 0 Å². The SMILES string of the molecule is CCNC1COCC1C(=O)Cc1c(Cl)c(CC)nn1CC. The zero-order chi connectivity index (χ0) is 15.4. The summed E-state index contributed by atoms with van der Waals surface area (Å²) in [6.07, 6.45) is 1.11. The fourth-order valence-corrected chi connectivity index (χ4v) is 3.15. The molecule has 0 aliphatic carbocycles. The van der Waals surface area contributed by atoms with Crippen LogP contribution < -0.4 is 5.32 Å². The number of carbonyl (C=O) groups is 1. The van der Waals surface area contributed by atoms with Crippen molar-refractivity contribution in [3.63, 3.8) is 0 Å². The minimum Gasteiger partial charge on any atom is -0.379 e. The van der Waals surface area contributed by atoms with Crippen molar-refractivity contribution < 1.29 is 9.53 Å². The molecule has 2 unspecified atom stereocenters. The summed E-state index contributed by atoms with van der Waals surface area (Å²) in [5.41, 5.74) is 1.70. The van der Waals surface area contributed by atoms with Gasteiger partial charge in [0.1, 0.15) is 5.78 Å². The van der Waals surface area contributed by atoms with Crippen LogP contribution in [0.5, 0.6) is 0 Å². The van der Waals surface area contributed by atoms with Crippen molar-refractivity contribution in [1.82, 2.24) is 15.1 Å². The normalized spacial score (nSPS) is 21.9. The average Bonchev–Trinajstić information content (AvgIpc) is 3.05. The zero-order valence-corrected chi connectivity index (χ0v) is 13.7. The summed E-state index contributed by atoms with van der Waals surface area (Å²) in [7, 11) is 0. The molecule has 0 radical (unpaired) electrons. The topological polar surface area (TPSA) is 56.1 Å². The van der Waals surface area contributed by atoms with Crippen molar-refractivity contribution >= 4 is 17.4 Å². The van der Waals surface area contributed by atoms with Crippen molar-refractivity contribution in [2.24, 2.45) is 5.92 Å². The second-order valence-electron chi connectivity index (χ2n) is 5.33. The molecule has 1 aromatic rings. The Hall–Kier alpha value is -0.910. The Balaban J connectivity index is 2.14. The standard InChI is InChI=1S/C15H24ClN3O2/c1-4-11-15(16)13(19(6-3)18-11)7-14(20)10-8-21-9-12(10)17-5-2/h10,12,17H,4-9H2,1-3H3. The third kappa shape index (κ3) is 3.47. The minimum absolute atomic E-state index is 0.0914. The Morgan fingerprint density at radius 3 is 2.81 bits per heavy atom. The van der Waals surface area contributed by atoms with Gasteiger partial charge in [-0.25, -0.2) is 0 Å². The van der Waals surface area contributed by atoms with Crippen molar-refractivity contribution in [2.45, 2.75) is 46.2 Å². The molecule has 21 heavy (non-hydrogen) atoms. The van der Waals surface area contributed by atoms with E-state index in [2.05, 4.69) is 10.4 Å². The lowest BCUT2D eigenvalue weighted by atomic mass is 9.95. The van der Waals surface area contributed by atoms with E-state index in [1.165, 1.54) is 0 Å². The highest BCUT2D eigenvalue weighted by molar-refractivity contribution is 6.32. The number of nitrogens with one attached hydrogen (secondary N) is 1. The molecule has 5 nitrogen and oxygen atoms in total. The Morgan fingerprint density at radius 1 is 1.43 bits per heavy atom. The Kier molecular flexibility index (Phi) is 5.79. The second kappa shape index (κ2) is 7.38. The molecular formula is C15H24ClN3O2. The van der Waals surface area contributed by atoms with Crippen LogP contribution in [0, 0.1) is 5.92 Å². The van der Waals surface area contributed by atoms with E-state index in [0.29, 0.717) is 24.7 Å². The number of aromatic nitrogens is 2. The van der Waals surface area contributed by atoms with Crippen LogP contribution in [-0.4, -0.2) is 41.4 Å². The Morgan fingerprint density at radius 2 is 2.19 bits per heavy atom. The summed E-state index contributed by atoms with van der Waals surface area (Å²) in [5.74, 6) is 0.0869. The summed E-state index contributed by atoms with van der Waals surface area (Å²) in [6.45, 7) is 8.73. The van der Waals surface area contributed by atoms with Gasteiger partial charge in [-0.15, -0.1) is 0 Å². The van der Waals surface area contributed by atoms with E-state index in [0.717, 1.165) is 30.9 Å². The van der Waals surface area contributed by atoms with E-state index in [-0.39, 0.29) is 17.7 Å². The maximum atomic E-state index is 12.6. The molecule has 1 fully saturated rings. The number of ether oxygens (including phenoxy) is 1. The molecule has 0 aromatic carbocycles. The van der Waals surface area contributed by atoms with E-state index in [9.17, 15) is 4.79 Å². The van der Waals surface area contributed by atoms with Gasteiger partial charge in [0.05, 0.1) is 42.0 Å². The van der Waals surface area contributed by atoms with Crippen LogP contribution in [0.4, 0.5) is 0 Å². The lowest BCUT2D eigenvalue weighted by Gasteiger charge is -2.17. The average molecular weight is 314 g/mol. The summed E-state index contributed by atoms with van der Waals surface area (Å²) < 4.78 is 7.30. The first kappa shape index (κ1) is 16.5. The van der Waals surface area contributed by atoms with E-state index in [1.807, 2.05) is 25.5 Å². The summed E-state index contributed by atoms with van der Waals surface area (Å²) >= 11 is 6.37. The van der Waals surface area contributed by atoms with Gasteiger partial charge in [0.2, 0.25) is 0 Å². The lowest BCUT2D eigenvalue weighted by Crippen LogP contribution is -2.39. The van der Waals surface area contributed by atoms with Gasteiger partial charge in [-0.3, -0.25) is 9.48 Å². The van der Waals surface area contributed by atoms with Crippen LogP contribution in [0.2, 0.25) is 5.02 Å². The second-order valence-corrected chi connectivity index (χ2v) is 5.71. The molecule has 1 N–H and O–H groups in total. The summed E-state index contributed by atoms with van der Waals surface area (Å²) in [4.78, 5) is 12.6. The van der Waals surface area contributed by atoms with Crippen LogP contribution in [-0.2, 0) is 28.9 Å². The molecule has 1 aliphatic rings. The van der Waals surface area contributed by atoms with Gasteiger partial charge in [0.25, 0.3) is 0 Å². The number of aryl methyl sites for hydroxylation is 2. The predicted octanol–water partition coefficient (Wildman–Crippen LogP) is 1.85. The van der Waals surface area contributed by atoms with E-state index in [4.69, 9.17) is 16.3 Å². The predicted molar refractivity (Wildman–Crippen MR) is 82.8 cm³/mol. The number of ketones is 1. The fraction of sp³-hybridized carbons (Fsp3) is 0.733. The third-order valence-corrected chi connectivity index (χ3v) is 4.43. The quantitative estimate of drug-likeness (QED) is 0.835.